The van der Waals surface area contributed by atoms with Crippen LogP contribution in [0.4, 0.5) is 5.69 Å². The zero-order chi connectivity index (χ0) is 18.6. The molecule has 0 atom stereocenters. The highest BCUT2D eigenvalue weighted by atomic mass is 79.9. The van der Waals surface area contributed by atoms with Crippen molar-refractivity contribution >= 4 is 37.6 Å². The van der Waals surface area contributed by atoms with Gasteiger partial charge in [-0.2, -0.15) is 0 Å². The summed E-state index contributed by atoms with van der Waals surface area (Å²) in [6.07, 6.45) is 0.551. The summed E-state index contributed by atoms with van der Waals surface area (Å²) in [6, 6.07) is 9.34. The normalized spacial score (nSPS) is 11.0. The predicted molar refractivity (Wildman–Crippen MR) is 98.7 cm³/mol. The van der Waals surface area contributed by atoms with Gasteiger partial charge in [-0.15, -0.1) is 0 Å². The second-order valence-electron chi connectivity index (χ2n) is 5.12. The quantitative estimate of drug-likeness (QED) is 0.711. The number of sulfonamides is 1. The Morgan fingerprint density at radius 1 is 1.16 bits per heavy atom. The molecular weight excluding hydrogens is 410 g/mol. The van der Waals surface area contributed by atoms with Gasteiger partial charge in [0.05, 0.1) is 30.4 Å². The van der Waals surface area contributed by atoms with Gasteiger partial charge in [-0.25, -0.2) is 13.2 Å². The van der Waals surface area contributed by atoms with Crippen molar-refractivity contribution in [3.8, 4) is 5.75 Å². The minimum absolute atomic E-state index is 0.162. The fourth-order valence-corrected chi connectivity index (χ4v) is 4.08. The maximum absolute atomic E-state index is 12.8. The van der Waals surface area contributed by atoms with Gasteiger partial charge < -0.3 is 9.47 Å². The number of anilines is 1. The molecule has 0 saturated heterocycles. The lowest BCUT2D eigenvalue weighted by Gasteiger charge is -2.15. The average molecular weight is 428 g/mol. The summed E-state index contributed by atoms with van der Waals surface area (Å²) in [6.45, 7) is 1.87. The van der Waals surface area contributed by atoms with Crippen LogP contribution in [0, 0.1) is 0 Å². The van der Waals surface area contributed by atoms with Crippen molar-refractivity contribution < 1.29 is 22.7 Å². The van der Waals surface area contributed by atoms with Crippen LogP contribution >= 0.6 is 15.9 Å². The van der Waals surface area contributed by atoms with E-state index in [1.807, 2.05) is 6.92 Å². The summed E-state index contributed by atoms with van der Waals surface area (Å²) < 4.78 is 38.8. The van der Waals surface area contributed by atoms with Crippen LogP contribution in [0.1, 0.15) is 22.8 Å². The van der Waals surface area contributed by atoms with E-state index >= 15 is 0 Å². The third kappa shape index (κ3) is 4.32. The fraction of sp³-hybridized carbons (Fsp3) is 0.235. The molecule has 0 spiro atoms. The molecule has 134 valence electrons. The van der Waals surface area contributed by atoms with Gasteiger partial charge in [0.25, 0.3) is 10.0 Å². The first-order valence-corrected chi connectivity index (χ1v) is 9.67. The molecule has 0 aliphatic carbocycles. The molecule has 1 N–H and O–H groups in total. The van der Waals surface area contributed by atoms with Crippen LogP contribution in [-0.4, -0.2) is 28.6 Å². The van der Waals surface area contributed by atoms with Crippen LogP contribution in [0.5, 0.6) is 5.75 Å². The molecule has 0 aliphatic heterocycles. The minimum atomic E-state index is -3.86. The summed E-state index contributed by atoms with van der Waals surface area (Å²) in [7, 11) is -1.18. The van der Waals surface area contributed by atoms with Gasteiger partial charge in [0.2, 0.25) is 0 Å². The Hall–Kier alpha value is -2.06. The van der Waals surface area contributed by atoms with Crippen molar-refractivity contribution in [1.82, 2.24) is 0 Å². The maximum atomic E-state index is 12.8. The van der Waals surface area contributed by atoms with E-state index in [0.717, 1.165) is 4.47 Å². The molecule has 2 rings (SSSR count). The molecule has 0 fully saturated rings. The van der Waals surface area contributed by atoms with Crippen molar-refractivity contribution in [1.29, 1.82) is 0 Å². The number of hydrogen-bond donors (Lipinski definition) is 1. The molecule has 0 saturated carbocycles. The molecule has 2 aromatic rings. The molecule has 25 heavy (non-hydrogen) atoms. The first-order valence-electron chi connectivity index (χ1n) is 7.40. The second kappa shape index (κ2) is 7.88. The van der Waals surface area contributed by atoms with Crippen molar-refractivity contribution in [2.45, 2.75) is 18.2 Å². The van der Waals surface area contributed by atoms with Crippen LogP contribution in [0.15, 0.2) is 45.8 Å². The molecule has 0 unspecified atom stereocenters. The summed E-state index contributed by atoms with van der Waals surface area (Å²) in [4.78, 5) is 11.9. The van der Waals surface area contributed by atoms with Crippen LogP contribution in [0.2, 0.25) is 0 Å². The highest BCUT2D eigenvalue weighted by molar-refractivity contribution is 9.10. The molecular formula is C17H18BrNO5S. The largest absolute Gasteiger partial charge is 0.495 e. The SMILES string of the molecule is CCc1cc(Br)ccc1S(=O)(=O)Nc1cc(C(=O)OC)ccc1OC. The Morgan fingerprint density at radius 2 is 1.88 bits per heavy atom. The van der Waals surface area contributed by atoms with E-state index in [0.29, 0.717) is 17.7 Å². The number of methoxy groups -OCH3 is 2. The Balaban J connectivity index is 2.49. The zero-order valence-electron chi connectivity index (χ0n) is 14.0. The Morgan fingerprint density at radius 3 is 2.48 bits per heavy atom. The number of carbonyl (C=O) groups excluding carboxylic acids is 1. The number of nitrogens with one attached hydrogen (secondary N) is 1. The lowest BCUT2D eigenvalue weighted by Crippen LogP contribution is -2.16. The van der Waals surface area contributed by atoms with Crippen LogP contribution < -0.4 is 9.46 Å². The molecule has 6 nitrogen and oxygen atoms in total. The summed E-state index contributed by atoms with van der Waals surface area (Å²) in [5.74, 6) is -0.271. The second-order valence-corrected chi connectivity index (χ2v) is 7.68. The predicted octanol–water partition coefficient (Wildman–Crippen LogP) is 3.61. The van der Waals surface area contributed by atoms with Crippen LogP contribution in [0.3, 0.4) is 0 Å². The monoisotopic (exact) mass is 427 g/mol. The minimum Gasteiger partial charge on any atom is -0.495 e. The molecule has 0 aliphatic rings. The number of carbonyl (C=O) groups is 1. The highest BCUT2D eigenvalue weighted by Crippen LogP contribution is 2.30. The maximum Gasteiger partial charge on any atom is 0.337 e. The summed E-state index contributed by atoms with van der Waals surface area (Å²) in [5, 5.41) is 0. The van der Waals surface area contributed by atoms with Crippen molar-refractivity contribution in [2.75, 3.05) is 18.9 Å². The van der Waals surface area contributed by atoms with E-state index in [-0.39, 0.29) is 16.1 Å². The average Bonchev–Trinajstić information content (AvgIpc) is 2.60. The standard InChI is InChI=1S/C17H18BrNO5S/c1-4-11-9-13(18)6-8-16(11)25(21,22)19-14-10-12(17(20)24-3)5-7-15(14)23-2/h5-10,19H,4H2,1-3H3. The molecule has 0 bridgehead atoms. The molecule has 0 amide bonds. The van der Waals surface area contributed by atoms with Gasteiger partial charge in [-0.05, 0) is 48.4 Å². The Bertz CT molecular complexity index is 896. The lowest BCUT2D eigenvalue weighted by molar-refractivity contribution is 0.0600. The first kappa shape index (κ1) is 19.3. The van der Waals surface area contributed by atoms with Gasteiger partial charge in [-0.1, -0.05) is 22.9 Å². The summed E-state index contributed by atoms with van der Waals surface area (Å²) in [5.41, 5.74) is 1.05. The number of halogens is 1. The van der Waals surface area contributed by atoms with Crippen LogP contribution in [-0.2, 0) is 21.2 Å². The van der Waals surface area contributed by atoms with Crippen LogP contribution in [0.25, 0.3) is 0 Å². The van der Waals surface area contributed by atoms with Crippen molar-refractivity contribution in [3.63, 3.8) is 0 Å². The number of esters is 1. The van der Waals surface area contributed by atoms with Gasteiger partial charge in [0.1, 0.15) is 5.75 Å². The number of aryl methyl sites for hydroxylation is 1. The van der Waals surface area contributed by atoms with Gasteiger partial charge in [0, 0.05) is 4.47 Å². The fourth-order valence-electron chi connectivity index (χ4n) is 2.32. The smallest absolute Gasteiger partial charge is 0.337 e. The third-order valence-electron chi connectivity index (χ3n) is 3.56. The van der Waals surface area contributed by atoms with Gasteiger partial charge >= 0.3 is 5.97 Å². The van der Waals surface area contributed by atoms with Gasteiger partial charge in [0.15, 0.2) is 0 Å². The number of ether oxygens (including phenoxy) is 2. The molecule has 0 heterocycles. The molecule has 8 heteroatoms. The zero-order valence-corrected chi connectivity index (χ0v) is 16.4. The van der Waals surface area contributed by atoms with E-state index in [2.05, 4.69) is 25.4 Å². The van der Waals surface area contributed by atoms with Crippen molar-refractivity contribution in [3.05, 3.63) is 52.0 Å². The lowest BCUT2D eigenvalue weighted by atomic mass is 10.2. The van der Waals surface area contributed by atoms with E-state index in [4.69, 9.17) is 4.74 Å². The molecule has 2 aromatic carbocycles. The van der Waals surface area contributed by atoms with Gasteiger partial charge in [-0.3, -0.25) is 4.72 Å². The number of benzene rings is 2. The molecule has 0 aromatic heterocycles. The van der Waals surface area contributed by atoms with E-state index in [1.54, 1.807) is 12.1 Å². The number of hydrogen-bond acceptors (Lipinski definition) is 5. The van der Waals surface area contributed by atoms with Crippen molar-refractivity contribution in [2.24, 2.45) is 0 Å². The van der Waals surface area contributed by atoms with E-state index in [9.17, 15) is 13.2 Å². The third-order valence-corrected chi connectivity index (χ3v) is 5.52. The highest BCUT2D eigenvalue weighted by Gasteiger charge is 2.21. The first-order chi connectivity index (χ1) is 11.8. The van der Waals surface area contributed by atoms with E-state index < -0.39 is 16.0 Å². The number of rotatable bonds is 6. The Kier molecular flexibility index (Phi) is 6.07. The molecule has 0 radical (unpaired) electrons. The topological polar surface area (TPSA) is 81.7 Å². The van der Waals surface area contributed by atoms with E-state index in [1.165, 1.54) is 38.5 Å². The summed E-state index contributed by atoms with van der Waals surface area (Å²) >= 11 is 3.34. The Labute approximate surface area is 155 Å².